The number of hydrogen-bond acceptors (Lipinski definition) is 1. The summed E-state index contributed by atoms with van der Waals surface area (Å²) in [6.45, 7) is 20.9. The second-order valence-electron chi connectivity index (χ2n) is 20.2. The van der Waals surface area contributed by atoms with Gasteiger partial charge in [0.05, 0.1) is 11.1 Å². The molecule has 0 aromatic heterocycles. The highest BCUT2D eigenvalue weighted by Gasteiger charge is 2.53. The van der Waals surface area contributed by atoms with Crippen LogP contribution in [0.1, 0.15) is 107 Å². The molecule has 7 aromatic rings. The summed E-state index contributed by atoms with van der Waals surface area (Å²) in [5.41, 5.74) is 23.5. The molecule has 0 fully saturated rings. The largest absolute Gasteiger partial charge is 0.310 e. The van der Waals surface area contributed by atoms with Crippen LogP contribution in [0.25, 0.3) is 39.0 Å². The molecule has 3 aliphatic rings. The maximum Gasteiger partial charge on any atom is 0.0726 e. The highest BCUT2D eigenvalue weighted by molar-refractivity contribution is 6.01. The number of anilines is 3. The van der Waals surface area contributed by atoms with E-state index in [4.69, 9.17) is 6.42 Å². The lowest BCUT2D eigenvalue weighted by Crippen LogP contribution is -2.27. The first kappa shape index (κ1) is 39.5. The zero-order chi connectivity index (χ0) is 43.3. The zero-order valence-corrected chi connectivity index (χ0v) is 37.6. The third kappa shape index (κ3) is 5.77. The number of terminal acetylenes is 1. The molecule has 0 radical (unpaired) electrons. The topological polar surface area (TPSA) is 3.24 Å². The van der Waals surface area contributed by atoms with Gasteiger partial charge in [-0.25, -0.2) is 0 Å². The third-order valence-electron chi connectivity index (χ3n) is 14.3. The first-order valence-electron chi connectivity index (χ1n) is 22.1. The van der Waals surface area contributed by atoms with Crippen molar-refractivity contribution >= 4 is 22.6 Å². The molecule has 3 aliphatic carbocycles. The van der Waals surface area contributed by atoms with Gasteiger partial charge >= 0.3 is 0 Å². The summed E-state index contributed by atoms with van der Waals surface area (Å²) in [7, 11) is 0. The van der Waals surface area contributed by atoms with Crippen LogP contribution in [-0.2, 0) is 21.7 Å². The van der Waals surface area contributed by atoms with Crippen LogP contribution < -0.4 is 4.90 Å². The van der Waals surface area contributed by atoms with E-state index in [1.54, 1.807) is 0 Å². The van der Waals surface area contributed by atoms with Gasteiger partial charge in [-0.15, -0.1) is 6.42 Å². The van der Waals surface area contributed by atoms with E-state index in [0.29, 0.717) is 0 Å². The predicted octanol–water partition coefficient (Wildman–Crippen LogP) is 16.0. The van der Waals surface area contributed by atoms with Crippen LogP contribution in [0, 0.1) is 12.3 Å². The van der Waals surface area contributed by atoms with Crippen molar-refractivity contribution < 1.29 is 0 Å². The SMILES string of the molecule is C#C/C=C\C1=C(C)C(C)(C)c2cc(N(c3ccc(-c4ccccc4)cc3)c3cccc4c3-c3ccccc3C43c4cc(C(C)(C)C)ccc4-c4ccc(C(C)(C)C)cc43)ccc21. The lowest BCUT2D eigenvalue weighted by Gasteiger charge is -2.33. The van der Waals surface area contributed by atoms with E-state index < -0.39 is 5.41 Å². The molecule has 7 aromatic carbocycles. The average molecular weight is 802 g/mol. The van der Waals surface area contributed by atoms with Gasteiger partial charge in [-0.1, -0.05) is 188 Å². The van der Waals surface area contributed by atoms with E-state index in [1.165, 1.54) is 94.7 Å². The highest BCUT2D eigenvalue weighted by atomic mass is 15.1. The van der Waals surface area contributed by atoms with Crippen LogP contribution in [0.4, 0.5) is 17.1 Å². The Morgan fingerprint density at radius 2 is 1.08 bits per heavy atom. The summed E-state index contributed by atoms with van der Waals surface area (Å²) in [4.78, 5) is 2.51. The Kier molecular flexibility index (Phi) is 8.89. The van der Waals surface area contributed by atoms with Crippen molar-refractivity contribution in [3.63, 3.8) is 0 Å². The van der Waals surface area contributed by atoms with Gasteiger partial charge < -0.3 is 4.90 Å². The monoisotopic (exact) mass is 801 g/mol. The van der Waals surface area contributed by atoms with E-state index in [-0.39, 0.29) is 16.2 Å². The smallest absolute Gasteiger partial charge is 0.0726 e. The number of allylic oxidation sites excluding steroid dienone is 4. The Morgan fingerprint density at radius 3 is 1.71 bits per heavy atom. The van der Waals surface area contributed by atoms with Gasteiger partial charge in [0.15, 0.2) is 0 Å². The van der Waals surface area contributed by atoms with E-state index in [0.717, 1.165) is 11.4 Å². The summed E-state index contributed by atoms with van der Waals surface area (Å²) >= 11 is 0. The number of nitrogens with zero attached hydrogens (tertiary/aromatic N) is 1. The van der Waals surface area contributed by atoms with Crippen LogP contribution in [0.15, 0.2) is 169 Å². The molecule has 0 saturated carbocycles. The normalized spacial score (nSPS) is 15.3. The third-order valence-corrected chi connectivity index (χ3v) is 14.3. The molecule has 0 bridgehead atoms. The molecule has 62 heavy (non-hydrogen) atoms. The maximum atomic E-state index is 5.74. The summed E-state index contributed by atoms with van der Waals surface area (Å²) in [5.74, 6) is 2.72. The Labute approximate surface area is 369 Å². The summed E-state index contributed by atoms with van der Waals surface area (Å²) in [6.07, 6.45) is 9.68. The molecule has 0 N–H and O–H groups in total. The quantitative estimate of drug-likeness (QED) is 0.157. The van der Waals surface area contributed by atoms with Gasteiger partial charge in [0.1, 0.15) is 0 Å². The van der Waals surface area contributed by atoms with Crippen LogP contribution in [-0.4, -0.2) is 0 Å². The zero-order valence-electron chi connectivity index (χ0n) is 37.6. The van der Waals surface area contributed by atoms with E-state index in [2.05, 4.69) is 231 Å². The Bertz CT molecular complexity index is 2990. The van der Waals surface area contributed by atoms with Crippen LogP contribution in [0.3, 0.4) is 0 Å². The molecule has 304 valence electrons. The molecule has 0 aliphatic heterocycles. The maximum absolute atomic E-state index is 5.74. The van der Waals surface area contributed by atoms with E-state index in [9.17, 15) is 0 Å². The number of hydrogen-bond donors (Lipinski definition) is 0. The minimum atomic E-state index is -0.503. The van der Waals surface area contributed by atoms with Crippen molar-refractivity contribution in [2.45, 2.75) is 84.0 Å². The standard InChI is InChI=1S/C61H55N/c1-11-12-21-46-39(2)60(9,10)53-38-45(32-35-47(46)53)62(44-30-26-41(27-31-44)40-19-14-13-15-20-40)56-25-18-24-52-57(56)50-22-16-17-23-51(50)61(52)54-36-42(58(3,4)5)28-33-48(54)49-34-29-43(37-55(49)61)59(6,7)8/h1,12-38H,2-10H3/b21-12-. The first-order valence-corrected chi connectivity index (χ1v) is 22.1. The average Bonchev–Trinajstić information content (AvgIpc) is 3.80. The van der Waals surface area contributed by atoms with Crippen molar-refractivity contribution in [2.75, 3.05) is 4.90 Å². The Morgan fingerprint density at radius 1 is 0.516 bits per heavy atom. The minimum Gasteiger partial charge on any atom is -0.310 e. The van der Waals surface area contributed by atoms with Gasteiger partial charge in [0, 0.05) is 22.4 Å². The molecule has 0 atom stereocenters. The molecule has 1 nitrogen and oxygen atoms in total. The molecule has 1 spiro atoms. The van der Waals surface area contributed by atoms with Gasteiger partial charge in [0.2, 0.25) is 0 Å². The number of rotatable bonds is 5. The van der Waals surface area contributed by atoms with Gasteiger partial charge in [-0.2, -0.15) is 0 Å². The number of fused-ring (bicyclic) bond motifs is 11. The Hall–Kier alpha value is -6.62. The first-order chi connectivity index (χ1) is 29.7. The molecular formula is C61H55N. The molecular weight excluding hydrogens is 747 g/mol. The molecule has 1 heteroatoms. The predicted molar refractivity (Wildman–Crippen MR) is 264 cm³/mol. The highest BCUT2D eigenvalue weighted by Crippen LogP contribution is 2.65. The second-order valence-corrected chi connectivity index (χ2v) is 20.2. The summed E-state index contributed by atoms with van der Waals surface area (Å²) in [6, 6.07) is 57.8. The van der Waals surface area contributed by atoms with Crippen LogP contribution in [0.2, 0.25) is 0 Å². The molecule has 0 unspecified atom stereocenters. The fourth-order valence-electron chi connectivity index (χ4n) is 10.7. The fourth-order valence-corrected chi connectivity index (χ4v) is 10.7. The summed E-state index contributed by atoms with van der Waals surface area (Å²) < 4.78 is 0. The number of benzene rings is 7. The van der Waals surface area contributed by atoms with E-state index in [1.807, 2.05) is 6.08 Å². The fraction of sp³-hybridized carbons (Fsp3) is 0.213. The molecule has 0 amide bonds. The van der Waals surface area contributed by atoms with Crippen LogP contribution in [0.5, 0.6) is 0 Å². The Balaban J connectivity index is 1.27. The van der Waals surface area contributed by atoms with E-state index >= 15 is 0 Å². The summed E-state index contributed by atoms with van der Waals surface area (Å²) in [5, 5.41) is 0. The van der Waals surface area contributed by atoms with Gasteiger partial charge in [0.25, 0.3) is 0 Å². The van der Waals surface area contributed by atoms with Crippen LogP contribution >= 0.6 is 0 Å². The van der Waals surface area contributed by atoms with Gasteiger partial charge in [-0.05, 0) is 138 Å². The van der Waals surface area contributed by atoms with Crippen molar-refractivity contribution in [1.82, 2.24) is 0 Å². The molecule has 10 rings (SSSR count). The lowest BCUT2D eigenvalue weighted by atomic mass is 9.69. The lowest BCUT2D eigenvalue weighted by molar-refractivity contribution is 0.586. The second kappa shape index (κ2) is 14.0. The minimum absolute atomic E-state index is 0.0158. The molecule has 0 heterocycles. The van der Waals surface area contributed by atoms with Crippen molar-refractivity contribution in [3.05, 3.63) is 214 Å². The van der Waals surface area contributed by atoms with Gasteiger partial charge in [-0.3, -0.25) is 0 Å². The molecule has 0 saturated heterocycles. The van der Waals surface area contributed by atoms with Crippen molar-refractivity contribution in [1.29, 1.82) is 0 Å². The van der Waals surface area contributed by atoms with Crippen molar-refractivity contribution in [3.8, 4) is 45.7 Å². The van der Waals surface area contributed by atoms with Crippen molar-refractivity contribution in [2.24, 2.45) is 0 Å².